The van der Waals surface area contributed by atoms with Gasteiger partial charge in [-0.05, 0) is 41.9 Å². The van der Waals surface area contributed by atoms with E-state index in [4.69, 9.17) is 14.2 Å². The molecule has 8 heteroatoms. The Bertz CT molecular complexity index is 1100. The van der Waals surface area contributed by atoms with Crippen LogP contribution in [-0.4, -0.2) is 73.1 Å². The number of rotatable bonds is 6. The maximum atomic E-state index is 13.6. The van der Waals surface area contributed by atoms with E-state index in [1.165, 1.54) is 4.90 Å². The molecule has 2 amide bonds. The van der Waals surface area contributed by atoms with Crippen molar-refractivity contribution >= 4 is 17.4 Å². The smallest absolute Gasteiger partial charge is 0.278 e. The summed E-state index contributed by atoms with van der Waals surface area (Å²) in [5.41, 5.74) is 2.47. The molecule has 0 atom stereocenters. The summed E-state index contributed by atoms with van der Waals surface area (Å²) in [6.07, 6.45) is 0. The lowest BCUT2D eigenvalue weighted by molar-refractivity contribution is -0.138. The van der Waals surface area contributed by atoms with Crippen LogP contribution in [0.1, 0.15) is 18.1 Å². The Balaban J connectivity index is 1.47. The predicted molar refractivity (Wildman–Crippen MR) is 122 cm³/mol. The van der Waals surface area contributed by atoms with Crippen LogP contribution >= 0.6 is 0 Å². The zero-order valence-corrected chi connectivity index (χ0v) is 18.9. The topological polar surface area (TPSA) is 71.6 Å². The quantitative estimate of drug-likeness (QED) is 0.627. The lowest BCUT2D eigenvalue weighted by Crippen LogP contribution is -2.47. The summed E-state index contributed by atoms with van der Waals surface area (Å²) in [4.78, 5) is 33.0. The number of imide groups is 1. The number of carbonyl (C=O) groups excluding carboxylic acids is 2. The molecule has 1 saturated heterocycles. The van der Waals surface area contributed by atoms with E-state index in [0.717, 1.165) is 30.8 Å². The number of benzene rings is 2. The number of nitrogens with zero attached hydrogens (tertiary/aromatic N) is 3. The van der Waals surface area contributed by atoms with Crippen molar-refractivity contribution in [2.45, 2.75) is 13.5 Å². The molecular weight excluding hydrogens is 422 g/mol. The molecule has 3 heterocycles. The van der Waals surface area contributed by atoms with Gasteiger partial charge in [-0.25, -0.2) is 0 Å². The molecule has 172 valence electrons. The molecule has 0 aliphatic carbocycles. The van der Waals surface area contributed by atoms with Crippen molar-refractivity contribution in [1.29, 1.82) is 0 Å². The number of ether oxygens (including phenoxy) is 3. The summed E-state index contributed by atoms with van der Waals surface area (Å²) in [5, 5.41) is 0. The largest absolute Gasteiger partial charge is 0.497 e. The van der Waals surface area contributed by atoms with E-state index in [9.17, 15) is 9.59 Å². The van der Waals surface area contributed by atoms with Crippen LogP contribution in [-0.2, 0) is 16.1 Å². The Hall–Kier alpha value is -3.52. The lowest BCUT2D eigenvalue weighted by Gasteiger charge is -2.36. The number of amides is 2. The third-order valence-electron chi connectivity index (χ3n) is 6.44. The highest BCUT2D eigenvalue weighted by atomic mass is 16.7. The normalized spacial score (nSPS) is 18.5. The van der Waals surface area contributed by atoms with E-state index in [0.29, 0.717) is 41.6 Å². The second kappa shape index (κ2) is 8.78. The van der Waals surface area contributed by atoms with Crippen LogP contribution in [0.5, 0.6) is 17.2 Å². The lowest BCUT2D eigenvalue weighted by atomic mass is 10.0. The standard InChI is InChI=1S/C25H27N3O5/c1-3-26-10-12-27(13-11-26)23-22(18-5-7-19(31-2)8-6-18)24(29)28(25(23)30)15-17-4-9-20-21(14-17)33-16-32-20/h4-9,14H,3,10-13,15-16H2,1-2H3. The van der Waals surface area contributed by atoms with Gasteiger partial charge in [-0.1, -0.05) is 25.1 Å². The van der Waals surface area contributed by atoms with Crippen LogP contribution in [0.15, 0.2) is 48.2 Å². The number of likely N-dealkylation sites (N-methyl/N-ethyl adjacent to an activating group) is 1. The van der Waals surface area contributed by atoms with E-state index in [1.54, 1.807) is 7.11 Å². The molecule has 0 radical (unpaired) electrons. The van der Waals surface area contributed by atoms with Crippen LogP contribution < -0.4 is 14.2 Å². The van der Waals surface area contributed by atoms with E-state index < -0.39 is 0 Å². The van der Waals surface area contributed by atoms with Gasteiger partial charge in [0.05, 0.1) is 19.2 Å². The maximum Gasteiger partial charge on any atom is 0.278 e. The van der Waals surface area contributed by atoms with Crippen LogP contribution in [0, 0.1) is 0 Å². The Morgan fingerprint density at radius 1 is 0.909 bits per heavy atom. The van der Waals surface area contributed by atoms with Crippen molar-refractivity contribution in [3.63, 3.8) is 0 Å². The summed E-state index contributed by atoms with van der Waals surface area (Å²) in [6.45, 7) is 6.60. The third-order valence-corrected chi connectivity index (χ3v) is 6.44. The molecule has 1 fully saturated rings. The van der Waals surface area contributed by atoms with Crippen LogP contribution in [0.3, 0.4) is 0 Å². The minimum Gasteiger partial charge on any atom is -0.497 e. The molecule has 2 aromatic carbocycles. The van der Waals surface area contributed by atoms with Gasteiger partial charge in [0, 0.05) is 26.2 Å². The fourth-order valence-corrected chi connectivity index (χ4v) is 4.53. The number of hydrogen-bond donors (Lipinski definition) is 0. The van der Waals surface area contributed by atoms with Gasteiger partial charge in [-0.3, -0.25) is 14.5 Å². The molecule has 3 aliphatic heterocycles. The Morgan fingerprint density at radius 3 is 2.33 bits per heavy atom. The van der Waals surface area contributed by atoms with Gasteiger partial charge < -0.3 is 24.0 Å². The summed E-state index contributed by atoms with van der Waals surface area (Å²) in [5.74, 6) is 1.46. The average molecular weight is 450 g/mol. The number of hydrogen-bond acceptors (Lipinski definition) is 7. The van der Waals surface area contributed by atoms with E-state index in [1.807, 2.05) is 42.5 Å². The minimum absolute atomic E-state index is 0.173. The Kier molecular flexibility index (Phi) is 5.68. The number of carbonyl (C=O) groups is 2. The van der Waals surface area contributed by atoms with E-state index >= 15 is 0 Å². The van der Waals surface area contributed by atoms with Crippen LogP contribution in [0.2, 0.25) is 0 Å². The molecule has 33 heavy (non-hydrogen) atoms. The predicted octanol–water partition coefficient (Wildman–Crippen LogP) is 2.34. The first-order chi connectivity index (χ1) is 16.1. The number of piperazine rings is 1. The molecule has 8 nitrogen and oxygen atoms in total. The third kappa shape index (κ3) is 3.91. The Labute approximate surface area is 192 Å². The molecule has 0 N–H and O–H groups in total. The van der Waals surface area contributed by atoms with Gasteiger partial charge in [-0.15, -0.1) is 0 Å². The molecule has 2 aromatic rings. The fourth-order valence-electron chi connectivity index (χ4n) is 4.53. The number of fused-ring (bicyclic) bond motifs is 1. The van der Waals surface area contributed by atoms with E-state index in [-0.39, 0.29) is 25.2 Å². The molecule has 5 rings (SSSR count). The van der Waals surface area contributed by atoms with Gasteiger partial charge in [0.1, 0.15) is 11.4 Å². The molecule has 3 aliphatic rings. The first kappa shape index (κ1) is 21.3. The van der Waals surface area contributed by atoms with Crippen molar-refractivity contribution < 1.29 is 23.8 Å². The summed E-state index contributed by atoms with van der Waals surface area (Å²) in [6, 6.07) is 12.8. The van der Waals surface area contributed by atoms with Crippen molar-refractivity contribution in [1.82, 2.24) is 14.7 Å². The van der Waals surface area contributed by atoms with Crippen molar-refractivity contribution in [2.75, 3.05) is 46.6 Å². The van der Waals surface area contributed by atoms with Crippen LogP contribution in [0.25, 0.3) is 5.57 Å². The Morgan fingerprint density at radius 2 is 1.64 bits per heavy atom. The van der Waals surface area contributed by atoms with Gasteiger partial charge in [0.15, 0.2) is 11.5 Å². The van der Waals surface area contributed by atoms with Crippen molar-refractivity contribution in [3.8, 4) is 17.2 Å². The molecule has 0 bridgehead atoms. The zero-order valence-electron chi connectivity index (χ0n) is 18.9. The van der Waals surface area contributed by atoms with Gasteiger partial charge in [-0.2, -0.15) is 0 Å². The maximum absolute atomic E-state index is 13.6. The number of methoxy groups -OCH3 is 1. The minimum atomic E-state index is -0.282. The summed E-state index contributed by atoms with van der Waals surface area (Å²) in [7, 11) is 1.60. The molecule has 0 unspecified atom stereocenters. The van der Waals surface area contributed by atoms with E-state index in [2.05, 4.69) is 16.7 Å². The van der Waals surface area contributed by atoms with Crippen molar-refractivity contribution in [2.24, 2.45) is 0 Å². The highest BCUT2D eigenvalue weighted by Crippen LogP contribution is 2.36. The fraction of sp³-hybridized carbons (Fsp3) is 0.360. The monoisotopic (exact) mass is 449 g/mol. The van der Waals surface area contributed by atoms with Gasteiger partial charge in [0.25, 0.3) is 11.8 Å². The van der Waals surface area contributed by atoms with Gasteiger partial charge in [0.2, 0.25) is 6.79 Å². The first-order valence-electron chi connectivity index (χ1n) is 11.2. The molecular formula is C25H27N3O5. The zero-order chi connectivity index (χ0) is 22.9. The highest BCUT2D eigenvalue weighted by molar-refractivity contribution is 6.35. The SMILES string of the molecule is CCN1CCN(C2=C(c3ccc(OC)cc3)C(=O)N(Cc3ccc4c(c3)OCO4)C2=O)CC1. The average Bonchev–Trinajstić information content (AvgIpc) is 3.42. The summed E-state index contributed by atoms with van der Waals surface area (Å²) < 4.78 is 16.1. The second-order valence-corrected chi connectivity index (χ2v) is 8.26. The van der Waals surface area contributed by atoms with Crippen LogP contribution in [0.4, 0.5) is 0 Å². The second-order valence-electron chi connectivity index (χ2n) is 8.26. The molecule has 0 aromatic heterocycles. The molecule has 0 spiro atoms. The first-order valence-corrected chi connectivity index (χ1v) is 11.2. The molecule has 0 saturated carbocycles. The summed E-state index contributed by atoms with van der Waals surface area (Å²) >= 11 is 0. The van der Waals surface area contributed by atoms with Crippen molar-refractivity contribution in [3.05, 3.63) is 59.3 Å². The highest BCUT2D eigenvalue weighted by Gasteiger charge is 2.42. The van der Waals surface area contributed by atoms with Gasteiger partial charge >= 0.3 is 0 Å².